The second-order valence-corrected chi connectivity index (χ2v) is 14.2. The molecule has 7 aromatic carbocycles. The van der Waals surface area contributed by atoms with Crippen molar-refractivity contribution in [3.05, 3.63) is 218 Å². The third kappa shape index (κ3) is 10.6. The molecule has 0 nitrogen and oxygen atoms in total. The predicted octanol–water partition coefficient (Wildman–Crippen LogP) is 8.37. The maximum Gasteiger partial charge on any atom is 2.00 e. The monoisotopic (exact) mass is 707 g/mol. The molecule has 0 atom stereocenters. The van der Waals surface area contributed by atoms with Crippen LogP contribution in [0.3, 0.4) is 0 Å². The van der Waals surface area contributed by atoms with Crippen LogP contribution in [0.15, 0.2) is 212 Å². The summed E-state index contributed by atoms with van der Waals surface area (Å²) < 4.78 is 0. The van der Waals surface area contributed by atoms with E-state index in [9.17, 15) is 0 Å². The summed E-state index contributed by atoms with van der Waals surface area (Å²) >= 11 is 0. The molecule has 0 bridgehead atoms. The van der Waals surface area contributed by atoms with Gasteiger partial charge in [0.2, 0.25) is 0 Å². The Hall–Kier alpha value is -3.94. The maximum absolute atomic E-state index is 2.89. The first-order chi connectivity index (χ1) is 21.9. The second kappa shape index (κ2) is 19.4. The molecule has 0 aliphatic carbocycles. The van der Waals surface area contributed by atoms with Crippen LogP contribution in [0.4, 0.5) is 0 Å². The van der Waals surface area contributed by atoms with Crippen molar-refractivity contribution in [3.8, 4) is 0 Å². The summed E-state index contributed by atoms with van der Waals surface area (Å²) in [5.74, 6) is 0. The van der Waals surface area contributed by atoms with Gasteiger partial charge in [0.15, 0.2) is 0 Å². The molecule has 0 N–H and O–H groups in total. The van der Waals surface area contributed by atoms with E-state index in [0.29, 0.717) is 0 Å². The first kappa shape index (κ1) is 33.9. The minimum absolute atomic E-state index is 0. The number of benzene rings is 7. The van der Waals surface area contributed by atoms with E-state index < -0.39 is 15.8 Å². The van der Waals surface area contributed by atoms with Gasteiger partial charge in [0.25, 0.3) is 0 Å². The Morgan fingerprint density at radius 1 is 0.244 bits per heavy atom. The Bertz CT molecular complexity index is 1390. The molecule has 0 amide bonds. The van der Waals surface area contributed by atoms with Gasteiger partial charge in [0.1, 0.15) is 0 Å². The molecule has 0 unspecified atom stereocenters. The Kier molecular flexibility index (Phi) is 14.7. The summed E-state index contributed by atoms with van der Waals surface area (Å²) in [6.45, 7) is 0. The van der Waals surface area contributed by atoms with Crippen molar-refractivity contribution in [1.29, 1.82) is 0 Å². The number of rotatable bonds is 6. The van der Waals surface area contributed by atoms with E-state index in [0.717, 1.165) is 0 Å². The minimum atomic E-state index is -0.446. The Balaban J connectivity index is 0.000000170. The van der Waals surface area contributed by atoms with E-state index in [4.69, 9.17) is 0 Å². The molecule has 0 aliphatic rings. The van der Waals surface area contributed by atoms with E-state index in [1.165, 1.54) is 31.8 Å². The van der Waals surface area contributed by atoms with E-state index in [1.807, 2.05) is 30.3 Å². The van der Waals surface area contributed by atoms with Gasteiger partial charge in [-0.3, -0.25) is 0 Å². The van der Waals surface area contributed by atoms with Gasteiger partial charge in [-0.25, -0.2) is 0 Å². The fourth-order valence-corrected chi connectivity index (χ4v) is 9.31. The van der Waals surface area contributed by atoms with E-state index in [2.05, 4.69) is 188 Å². The third-order valence-electron chi connectivity index (χ3n) is 6.69. The van der Waals surface area contributed by atoms with Crippen LogP contribution >= 0.6 is 15.8 Å². The first-order valence-electron chi connectivity index (χ1n) is 14.7. The molecular weight excluding hydrogens is 673 g/mol. The van der Waals surface area contributed by atoms with Crippen LogP contribution in [0, 0.1) is 6.07 Å². The molecule has 7 aromatic rings. The summed E-state index contributed by atoms with van der Waals surface area (Å²) in [7, 11) is -0.892. The van der Waals surface area contributed by atoms with Crippen molar-refractivity contribution in [1.82, 2.24) is 0 Å². The fourth-order valence-electron chi connectivity index (χ4n) is 4.70. The Morgan fingerprint density at radius 2 is 0.422 bits per heavy atom. The molecule has 0 aliphatic heterocycles. The van der Waals surface area contributed by atoms with Gasteiger partial charge in [-0.15, -0.1) is 0 Å². The molecular formula is C42H35P2Pd+. The molecule has 0 aromatic heterocycles. The summed E-state index contributed by atoms with van der Waals surface area (Å²) in [5, 5.41) is 8.39. The first-order valence-corrected chi connectivity index (χ1v) is 17.4. The smallest absolute Gasteiger partial charge is 0.184 e. The molecule has 0 spiro atoms. The van der Waals surface area contributed by atoms with Gasteiger partial charge in [-0.1, -0.05) is 182 Å². The SMILES string of the molecule is [Pd+2].[c-]1ccccc1.c1ccc(P(c2ccccc2)c2ccccc2)cc1.c1ccc(P(c2ccccc2)c2ccccc2)cc1. The molecule has 0 heterocycles. The molecule has 222 valence electrons. The van der Waals surface area contributed by atoms with Crippen molar-refractivity contribution in [3.63, 3.8) is 0 Å². The topological polar surface area (TPSA) is 0 Å². The van der Waals surface area contributed by atoms with Crippen molar-refractivity contribution in [2.45, 2.75) is 0 Å². The van der Waals surface area contributed by atoms with Gasteiger partial charge in [-0.05, 0) is 47.7 Å². The van der Waals surface area contributed by atoms with Crippen LogP contribution < -0.4 is 31.8 Å². The molecule has 0 saturated carbocycles. The van der Waals surface area contributed by atoms with Gasteiger partial charge in [0.05, 0.1) is 0 Å². The standard InChI is InChI=1S/2C18H15P.C6H5.Pd/c2*1-4-10-16(11-5-1)19(17-12-6-2-7-13-17)18-14-8-3-9-15-18;1-2-4-6-5-3-1;/h2*1-15H;1-5H;/q;;-1;+2. The fraction of sp³-hybridized carbons (Fsp3) is 0. The largest absolute Gasteiger partial charge is 2.00 e. The van der Waals surface area contributed by atoms with E-state index in [-0.39, 0.29) is 20.4 Å². The number of hydrogen-bond donors (Lipinski definition) is 0. The normalized spacial score (nSPS) is 10.0. The predicted molar refractivity (Wildman–Crippen MR) is 196 cm³/mol. The average molecular weight is 708 g/mol. The van der Waals surface area contributed by atoms with Crippen LogP contribution in [0.25, 0.3) is 0 Å². The zero-order valence-electron chi connectivity index (χ0n) is 24.9. The van der Waals surface area contributed by atoms with Crippen LogP contribution in [0.5, 0.6) is 0 Å². The molecule has 3 heteroatoms. The van der Waals surface area contributed by atoms with Crippen molar-refractivity contribution >= 4 is 47.7 Å². The van der Waals surface area contributed by atoms with E-state index in [1.54, 1.807) is 0 Å². The van der Waals surface area contributed by atoms with Gasteiger partial charge in [-0.2, -0.15) is 36.4 Å². The van der Waals surface area contributed by atoms with Crippen LogP contribution in [0.1, 0.15) is 0 Å². The van der Waals surface area contributed by atoms with Gasteiger partial charge >= 0.3 is 20.4 Å². The summed E-state index contributed by atoms with van der Waals surface area (Å²) in [6.07, 6.45) is 0. The van der Waals surface area contributed by atoms with Crippen LogP contribution in [0.2, 0.25) is 0 Å². The minimum Gasteiger partial charge on any atom is -0.184 e. The molecule has 0 fully saturated rings. The molecule has 0 saturated heterocycles. The summed E-state index contributed by atoms with van der Waals surface area (Å²) in [5.41, 5.74) is 0. The third-order valence-corrected chi connectivity index (χ3v) is 11.6. The van der Waals surface area contributed by atoms with Crippen molar-refractivity contribution in [2.24, 2.45) is 0 Å². The Morgan fingerprint density at radius 3 is 0.556 bits per heavy atom. The second-order valence-electron chi connectivity index (χ2n) is 9.76. The average Bonchev–Trinajstić information content (AvgIpc) is 3.13. The molecule has 45 heavy (non-hydrogen) atoms. The maximum atomic E-state index is 2.89. The summed E-state index contributed by atoms with van der Waals surface area (Å²) in [4.78, 5) is 0. The Labute approximate surface area is 285 Å². The molecule has 0 radical (unpaired) electrons. The number of hydrogen-bond acceptors (Lipinski definition) is 0. The van der Waals surface area contributed by atoms with Crippen molar-refractivity contribution < 1.29 is 20.4 Å². The van der Waals surface area contributed by atoms with Gasteiger partial charge < -0.3 is 0 Å². The quantitative estimate of drug-likeness (QED) is 0.0926. The van der Waals surface area contributed by atoms with Crippen molar-refractivity contribution in [2.75, 3.05) is 0 Å². The molecule has 7 rings (SSSR count). The zero-order chi connectivity index (χ0) is 30.1. The van der Waals surface area contributed by atoms with E-state index >= 15 is 0 Å². The van der Waals surface area contributed by atoms with Gasteiger partial charge in [0, 0.05) is 0 Å². The zero-order valence-corrected chi connectivity index (χ0v) is 28.3. The van der Waals surface area contributed by atoms with Crippen LogP contribution in [-0.2, 0) is 20.4 Å². The summed E-state index contributed by atoms with van der Waals surface area (Å²) in [6, 6.07) is 77.2. The van der Waals surface area contributed by atoms with Crippen LogP contribution in [-0.4, -0.2) is 0 Å².